The molecule has 0 aliphatic heterocycles. The van der Waals surface area contributed by atoms with Gasteiger partial charge in [-0.15, -0.1) is 0 Å². The first kappa shape index (κ1) is 12.3. The lowest BCUT2D eigenvalue weighted by atomic mass is 10.2. The average Bonchev–Trinajstić information content (AvgIpc) is 2.35. The predicted octanol–water partition coefficient (Wildman–Crippen LogP) is 4.25. The molecule has 0 fully saturated rings. The highest BCUT2D eigenvalue weighted by molar-refractivity contribution is 9.10. The first-order valence-corrected chi connectivity index (χ1v) is 6.31. The molecule has 5 heteroatoms. The SMILES string of the molecule is CCc1ccc(Oc2nc(Cl)ncc2Br)cc1. The standard InChI is InChI=1S/C12H10BrClN2O/c1-2-8-3-5-9(6-4-8)17-11-10(13)7-15-12(14)16-11/h3-7H,2H2,1H3. The van der Waals surface area contributed by atoms with Crippen LogP contribution in [-0.2, 0) is 6.42 Å². The molecule has 0 saturated heterocycles. The predicted molar refractivity (Wildman–Crippen MR) is 70.6 cm³/mol. The summed E-state index contributed by atoms with van der Waals surface area (Å²) in [7, 11) is 0. The highest BCUT2D eigenvalue weighted by Gasteiger charge is 2.06. The number of hydrogen-bond donors (Lipinski definition) is 0. The Hall–Kier alpha value is -1.13. The van der Waals surface area contributed by atoms with Gasteiger partial charge >= 0.3 is 0 Å². The van der Waals surface area contributed by atoms with Gasteiger partial charge in [0.15, 0.2) is 0 Å². The third-order valence-corrected chi connectivity index (χ3v) is 2.95. The molecule has 2 aromatic rings. The number of aryl methyl sites for hydroxylation is 1. The average molecular weight is 314 g/mol. The zero-order chi connectivity index (χ0) is 12.3. The minimum Gasteiger partial charge on any atom is -0.438 e. The van der Waals surface area contributed by atoms with Crippen molar-refractivity contribution in [2.75, 3.05) is 0 Å². The van der Waals surface area contributed by atoms with E-state index in [0.29, 0.717) is 10.4 Å². The van der Waals surface area contributed by atoms with Crippen molar-refractivity contribution < 1.29 is 4.74 Å². The van der Waals surface area contributed by atoms with Gasteiger partial charge in [-0.25, -0.2) is 4.98 Å². The second kappa shape index (κ2) is 5.47. The van der Waals surface area contributed by atoms with Crippen LogP contribution in [0.25, 0.3) is 0 Å². The molecule has 0 unspecified atom stereocenters. The van der Waals surface area contributed by atoms with Crippen LogP contribution in [0.3, 0.4) is 0 Å². The molecule has 0 atom stereocenters. The van der Waals surface area contributed by atoms with Gasteiger partial charge < -0.3 is 4.74 Å². The van der Waals surface area contributed by atoms with Crippen molar-refractivity contribution in [3.05, 3.63) is 45.8 Å². The highest BCUT2D eigenvalue weighted by atomic mass is 79.9. The van der Waals surface area contributed by atoms with Gasteiger partial charge in [0.25, 0.3) is 0 Å². The Morgan fingerprint density at radius 3 is 2.65 bits per heavy atom. The Labute approximate surface area is 113 Å². The van der Waals surface area contributed by atoms with Crippen LogP contribution < -0.4 is 4.74 Å². The number of halogens is 2. The summed E-state index contributed by atoms with van der Waals surface area (Å²) in [5.41, 5.74) is 1.26. The Kier molecular flexibility index (Phi) is 3.97. The number of ether oxygens (including phenoxy) is 1. The fourth-order valence-corrected chi connectivity index (χ4v) is 1.71. The molecular weight excluding hydrogens is 304 g/mol. The van der Waals surface area contributed by atoms with Gasteiger partial charge in [-0.05, 0) is 51.6 Å². The number of nitrogens with zero attached hydrogens (tertiary/aromatic N) is 2. The second-order valence-corrected chi connectivity index (χ2v) is 4.58. The highest BCUT2D eigenvalue weighted by Crippen LogP contribution is 2.27. The number of benzene rings is 1. The Morgan fingerprint density at radius 2 is 2.00 bits per heavy atom. The van der Waals surface area contributed by atoms with Crippen LogP contribution in [0.15, 0.2) is 34.9 Å². The van der Waals surface area contributed by atoms with Crippen molar-refractivity contribution in [1.29, 1.82) is 0 Å². The van der Waals surface area contributed by atoms with Crippen molar-refractivity contribution in [1.82, 2.24) is 9.97 Å². The van der Waals surface area contributed by atoms with E-state index in [4.69, 9.17) is 16.3 Å². The molecule has 1 aromatic carbocycles. The lowest BCUT2D eigenvalue weighted by Crippen LogP contribution is -1.91. The van der Waals surface area contributed by atoms with Crippen LogP contribution >= 0.6 is 27.5 Å². The summed E-state index contributed by atoms with van der Waals surface area (Å²) in [6.45, 7) is 2.11. The van der Waals surface area contributed by atoms with Crippen molar-refractivity contribution in [2.24, 2.45) is 0 Å². The largest absolute Gasteiger partial charge is 0.438 e. The summed E-state index contributed by atoms with van der Waals surface area (Å²) < 4.78 is 6.28. The third kappa shape index (κ3) is 3.17. The van der Waals surface area contributed by atoms with Gasteiger partial charge in [0.05, 0.1) is 4.47 Å². The maximum absolute atomic E-state index is 5.71. The van der Waals surface area contributed by atoms with Crippen LogP contribution in [0.1, 0.15) is 12.5 Å². The van der Waals surface area contributed by atoms with Gasteiger partial charge in [0.2, 0.25) is 11.2 Å². The first-order valence-electron chi connectivity index (χ1n) is 5.14. The summed E-state index contributed by atoms with van der Waals surface area (Å²) >= 11 is 9.02. The Bertz CT molecular complexity index is 516. The molecule has 0 N–H and O–H groups in total. The van der Waals surface area contributed by atoms with Crippen LogP contribution in [0, 0.1) is 0 Å². The summed E-state index contributed by atoms with van der Waals surface area (Å²) in [5.74, 6) is 1.13. The lowest BCUT2D eigenvalue weighted by Gasteiger charge is -2.06. The quantitative estimate of drug-likeness (QED) is 0.795. The van der Waals surface area contributed by atoms with Gasteiger partial charge in [-0.3, -0.25) is 0 Å². The van der Waals surface area contributed by atoms with E-state index in [1.54, 1.807) is 6.20 Å². The summed E-state index contributed by atoms with van der Waals surface area (Å²) in [5, 5.41) is 0.161. The fraction of sp³-hybridized carbons (Fsp3) is 0.167. The zero-order valence-corrected chi connectivity index (χ0v) is 11.5. The molecule has 1 aromatic heterocycles. The van der Waals surface area contributed by atoms with Crippen molar-refractivity contribution in [3.63, 3.8) is 0 Å². The maximum atomic E-state index is 5.71. The zero-order valence-electron chi connectivity index (χ0n) is 9.15. The summed E-state index contributed by atoms with van der Waals surface area (Å²) in [4.78, 5) is 7.83. The maximum Gasteiger partial charge on any atom is 0.237 e. The molecule has 88 valence electrons. The smallest absolute Gasteiger partial charge is 0.237 e. The number of aromatic nitrogens is 2. The number of hydrogen-bond acceptors (Lipinski definition) is 3. The molecule has 0 saturated carbocycles. The number of rotatable bonds is 3. The summed E-state index contributed by atoms with van der Waals surface area (Å²) in [6, 6.07) is 7.85. The van der Waals surface area contributed by atoms with Crippen LogP contribution in [-0.4, -0.2) is 9.97 Å². The topological polar surface area (TPSA) is 35.0 Å². The van der Waals surface area contributed by atoms with Crippen molar-refractivity contribution in [3.8, 4) is 11.6 Å². The monoisotopic (exact) mass is 312 g/mol. The van der Waals surface area contributed by atoms with Crippen LogP contribution in [0.2, 0.25) is 5.28 Å². The molecule has 1 heterocycles. The van der Waals surface area contributed by atoms with E-state index < -0.39 is 0 Å². The fourth-order valence-electron chi connectivity index (χ4n) is 1.31. The van der Waals surface area contributed by atoms with Crippen molar-refractivity contribution in [2.45, 2.75) is 13.3 Å². The Balaban J connectivity index is 2.22. The van der Waals surface area contributed by atoms with E-state index in [9.17, 15) is 0 Å². The van der Waals surface area contributed by atoms with Crippen molar-refractivity contribution >= 4 is 27.5 Å². The van der Waals surface area contributed by atoms with E-state index in [2.05, 4.69) is 32.8 Å². The van der Waals surface area contributed by atoms with E-state index >= 15 is 0 Å². The van der Waals surface area contributed by atoms with Gasteiger partial charge in [0, 0.05) is 6.20 Å². The Morgan fingerprint density at radius 1 is 1.29 bits per heavy atom. The van der Waals surface area contributed by atoms with E-state index in [1.807, 2.05) is 24.3 Å². The molecule has 0 radical (unpaired) electrons. The van der Waals surface area contributed by atoms with Gasteiger partial charge in [-0.2, -0.15) is 4.98 Å². The molecule has 2 rings (SSSR count). The molecule has 17 heavy (non-hydrogen) atoms. The first-order chi connectivity index (χ1) is 8.19. The molecule has 0 amide bonds. The minimum absolute atomic E-state index is 0.161. The summed E-state index contributed by atoms with van der Waals surface area (Å²) in [6.07, 6.45) is 2.56. The van der Waals surface area contributed by atoms with Crippen LogP contribution in [0.5, 0.6) is 11.6 Å². The third-order valence-electron chi connectivity index (χ3n) is 2.23. The van der Waals surface area contributed by atoms with Crippen LogP contribution in [0.4, 0.5) is 0 Å². The molecule has 0 aliphatic carbocycles. The minimum atomic E-state index is 0.161. The lowest BCUT2D eigenvalue weighted by molar-refractivity contribution is 0.458. The van der Waals surface area contributed by atoms with Gasteiger partial charge in [0.1, 0.15) is 5.75 Å². The molecule has 0 aliphatic rings. The van der Waals surface area contributed by atoms with Gasteiger partial charge in [-0.1, -0.05) is 19.1 Å². The van der Waals surface area contributed by atoms with E-state index in [0.717, 1.165) is 12.2 Å². The molecule has 0 spiro atoms. The van der Waals surface area contributed by atoms with E-state index in [-0.39, 0.29) is 5.28 Å². The molecule has 0 bridgehead atoms. The normalized spacial score (nSPS) is 10.3. The van der Waals surface area contributed by atoms with E-state index in [1.165, 1.54) is 5.56 Å². The molecular formula is C12H10BrClN2O. The second-order valence-electron chi connectivity index (χ2n) is 3.39. The molecule has 3 nitrogen and oxygen atoms in total.